The first kappa shape index (κ1) is 29.1. The van der Waals surface area contributed by atoms with Gasteiger partial charge in [-0.05, 0) is 73.2 Å². The second kappa shape index (κ2) is 11.8. The Bertz CT molecular complexity index is 1810. The van der Waals surface area contributed by atoms with Gasteiger partial charge >= 0.3 is 5.97 Å². The van der Waals surface area contributed by atoms with Crippen LogP contribution in [0.5, 0.6) is 0 Å². The van der Waals surface area contributed by atoms with Crippen LogP contribution in [0.15, 0.2) is 76.0 Å². The Labute approximate surface area is 245 Å². The van der Waals surface area contributed by atoms with Gasteiger partial charge in [0.2, 0.25) is 10.0 Å². The fourth-order valence-electron chi connectivity index (χ4n) is 4.61. The van der Waals surface area contributed by atoms with Crippen LogP contribution in [0.2, 0.25) is 0 Å². The Balaban J connectivity index is 1.29. The highest BCUT2D eigenvalue weighted by molar-refractivity contribution is 7.89. The van der Waals surface area contributed by atoms with E-state index in [-0.39, 0.29) is 22.5 Å². The van der Waals surface area contributed by atoms with Gasteiger partial charge in [0.05, 0.1) is 12.0 Å². The summed E-state index contributed by atoms with van der Waals surface area (Å²) in [7, 11) is -2.72. The summed E-state index contributed by atoms with van der Waals surface area (Å²) in [5.74, 6) is 5.95. The molecule has 1 heterocycles. The lowest BCUT2D eigenvalue weighted by atomic mass is 10.0. The molecule has 0 saturated heterocycles. The first-order chi connectivity index (χ1) is 20.1. The Kier molecular flexibility index (Phi) is 8.21. The number of furan rings is 1. The number of hydrogen-bond acceptors (Lipinski definition) is 6. The number of amides is 1. The summed E-state index contributed by atoms with van der Waals surface area (Å²) in [4.78, 5) is 25.2. The van der Waals surface area contributed by atoms with Crippen LogP contribution >= 0.6 is 0 Å². The summed E-state index contributed by atoms with van der Waals surface area (Å²) in [5, 5.41) is 3.75. The maximum Gasteiger partial charge on any atom is 0.324 e. The van der Waals surface area contributed by atoms with E-state index in [0.29, 0.717) is 17.2 Å². The average molecular weight is 585 g/mol. The number of nitrogens with one attached hydrogen (secondary N) is 2. The quantitative estimate of drug-likeness (QED) is 0.197. The van der Waals surface area contributed by atoms with Crippen LogP contribution in [0, 0.1) is 30.6 Å². The number of methoxy groups -OCH3 is 1. The molecule has 0 spiro atoms. The zero-order chi connectivity index (χ0) is 30.0. The summed E-state index contributed by atoms with van der Waals surface area (Å²) >= 11 is 0. The van der Waals surface area contributed by atoms with Crippen molar-refractivity contribution in [2.75, 3.05) is 12.4 Å². The minimum absolute atomic E-state index is 0.0348. The third-order valence-electron chi connectivity index (χ3n) is 7.19. The third kappa shape index (κ3) is 6.25. The molecule has 4 aromatic rings. The molecule has 1 unspecified atom stereocenters. The monoisotopic (exact) mass is 584 g/mol. The number of ether oxygens (including phenoxy) is 1. The summed E-state index contributed by atoms with van der Waals surface area (Å²) in [6.07, 6.45) is 2.28. The predicted octanol–water partition coefficient (Wildman–Crippen LogP) is 5.90. The molecule has 9 heteroatoms. The van der Waals surface area contributed by atoms with Crippen molar-refractivity contribution in [1.82, 2.24) is 4.72 Å². The van der Waals surface area contributed by atoms with Crippen molar-refractivity contribution in [2.45, 2.75) is 44.6 Å². The first-order valence-corrected chi connectivity index (χ1v) is 15.2. The van der Waals surface area contributed by atoms with Gasteiger partial charge in [0, 0.05) is 28.1 Å². The number of sulfonamides is 1. The molecule has 1 saturated carbocycles. The van der Waals surface area contributed by atoms with Crippen LogP contribution in [-0.4, -0.2) is 33.4 Å². The van der Waals surface area contributed by atoms with Crippen molar-refractivity contribution in [3.8, 4) is 23.0 Å². The van der Waals surface area contributed by atoms with E-state index in [1.54, 1.807) is 38.1 Å². The maximum atomic E-state index is 13.1. The highest BCUT2D eigenvalue weighted by atomic mass is 32.2. The molecule has 8 nitrogen and oxygen atoms in total. The van der Waals surface area contributed by atoms with Crippen LogP contribution < -0.4 is 10.0 Å². The Morgan fingerprint density at radius 2 is 1.62 bits per heavy atom. The number of aryl methyl sites for hydroxylation is 1. The molecule has 1 aliphatic carbocycles. The molecule has 42 heavy (non-hydrogen) atoms. The summed E-state index contributed by atoms with van der Waals surface area (Å²) < 4.78 is 38.8. The van der Waals surface area contributed by atoms with E-state index in [9.17, 15) is 18.0 Å². The number of carbonyl (C=O) groups excluding carboxylic acids is 2. The lowest BCUT2D eigenvalue weighted by Gasteiger charge is -2.19. The zero-order valence-corrected chi connectivity index (χ0v) is 24.7. The topological polar surface area (TPSA) is 115 Å². The minimum Gasteiger partial charge on any atom is -0.468 e. The molecule has 3 aromatic carbocycles. The van der Waals surface area contributed by atoms with Crippen molar-refractivity contribution >= 4 is 38.6 Å². The van der Waals surface area contributed by atoms with Crippen LogP contribution in [0.25, 0.3) is 22.1 Å². The Hall–Kier alpha value is -4.39. The van der Waals surface area contributed by atoms with Crippen LogP contribution in [-0.2, 0) is 19.6 Å². The standard InChI is InChI=1S/C33H32N2O6S/c1-20(2)30(33(37)40-4)35-42(38,39)27-18-14-24(15-19-27)23-12-16-26(17-13-23)34-32(36)31-21(3)29-25(11-10-22-8-9-22)6-5-7-28(29)41-31/h5-7,12-20,22,30,35H,8-9H2,1-4H3,(H,34,36). The summed E-state index contributed by atoms with van der Waals surface area (Å²) in [6.45, 7) is 5.34. The van der Waals surface area contributed by atoms with Gasteiger partial charge in [-0.25, -0.2) is 8.42 Å². The molecule has 1 amide bonds. The molecule has 5 rings (SSSR count). The van der Waals surface area contributed by atoms with E-state index in [4.69, 9.17) is 9.15 Å². The summed E-state index contributed by atoms with van der Waals surface area (Å²) in [6, 6.07) is 18.2. The average Bonchev–Trinajstić information content (AvgIpc) is 3.75. The fraction of sp³-hybridized carbons (Fsp3) is 0.273. The normalized spacial score (nSPS) is 13.8. The predicted molar refractivity (Wildman–Crippen MR) is 161 cm³/mol. The van der Waals surface area contributed by atoms with Gasteiger partial charge < -0.3 is 14.5 Å². The van der Waals surface area contributed by atoms with Gasteiger partial charge in [-0.15, -0.1) is 0 Å². The van der Waals surface area contributed by atoms with Crippen molar-refractivity contribution < 1.29 is 27.2 Å². The van der Waals surface area contributed by atoms with Gasteiger partial charge in [0.25, 0.3) is 5.91 Å². The Morgan fingerprint density at radius 3 is 2.21 bits per heavy atom. The van der Waals surface area contributed by atoms with Crippen molar-refractivity contribution in [1.29, 1.82) is 0 Å². The van der Waals surface area contributed by atoms with Gasteiger partial charge in [0.15, 0.2) is 5.76 Å². The number of esters is 1. The molecular weight excluding hydrogens is 552 g/mol. The van der Waals surface area contributed by atoms with Gasteiger partial charge in [-0.2, -0.15) is 4.72 Å². The smallest absolute Gasteiger partial charge is 0.324 e. The molecule has 2 N–H and O–H groups in total. The number of carbonyl (C=O) groups is 2. The fourth-order valence-corrected chi connectivity index (χ4v) is 5.94. The SMILES string of the molecule is COC(=O)C(NS(=O)(=O)c1ccc(-c2ccc(NC(=O)c3oc4cccc(C#CC5CC5)c4c3C)cc2)cc1)C(C)C. The van der Waals surface area contributed by atoms with E-state index in [2.05, 4.69) is 21.9 Å². The zero-order valence-electron chi connectivity index (χ0n) is 23.9. The molecule has 1 atom stereocenters. The van der Waals surface area contributed by atoms with Crippen molar-refractivity contribution in [3.63, 3.8) is 0 Å². The van der Waals surface area contributed by atoms with E-state index in [1.165, 1.54) is 19.2 Å². The largest absolute Gasteiger partial charge is 0.468 e. The van der Waals surface area contributed by atoms with Gasteiger partial charge in [-0.3, -0.25) is 9.59 Å². The van der Waals surface area contributed by atoms with Crippen LogP contribution in [0.3, 0.4) is 0 Å². The molecule has 1 fully saturated rings. The first-order valence-electron chi connectivity index (χ1n) is 13.7. The number of anilines is 1. The lowest BCUT2D eigenvalue weighted by molar-refractivity contribution is -0.143. The summed E-state index contributed by atoms with van der Waals surface area (Å²) in [5.41, 5.74) is 4.44. The number of benzene rings is 3. The van der Waals surface area contributed by atoms with E-state index in [1.807, 2.05) is 37.3 Å². The second-order valence-corrected chi connectivity index (χ2v) is 12.4. The molecule has 216 valence electrons. The highest BCUT2D eigenvalue weighted by Crippen LogP contribution is 2.31. The minimum atomic E-state index is -3.94. The Morgan fingerprint density at radius 1 is 0.976 bits per heavy atom. The van der Waals surface area contributed by atoms with Crippen LogP contribution in [0.1, 0.15) is 48.4 Å². The van der Waals surface area contributed by atoms with Crippen LogP contribution in [0.4, 0.5) is 5.69 Å². The van der Waals surface area contributed by atoms with Gasteiger partial charge in [0.1, 0.15) is 11.6 Å². The molecule has 1 aromatic heterocycles. The van der Waals surface area contributed by atoms with E-state index >= 15 is 0 Å². The second-order valence-electron chi connectivity index (χ2n) is 10.7. The van der Waals surface area contributed by atoms with Crippen molar-refractivity contribution in [2.24, 2.45) is 11.8 Å². The van der Waals surface area contributed by atoms with Crippen molar-refractivity contribution in [3.05, 3.63) is 83.6 Å². The molecular formula is C33H32N2O6S. The highest BCUT2D eigenvalue weighted by Gasteiger charge is 2.29. The van der Waals surface area contributed by atoms with E-state index in [0.717, 1.165) is 40.5 Å². The number of fused-ring (bicyclic) bond motifs is 1. The lowest BCUT2D eigenvalue weighted by Crippen LogP contribution is -2.44. The molecule has 0 bridgehead atoms. The maximum absolute atomic E-state index is 13.1. The number of rotatable bonds is 8. The van der Waals surface area contributed by atoms with Gasteiger partial charge in [-0.1, -0.05) is 56.0 Å². The third-order valence-corrected chi connectivity index (χ3v) is 8.65. The molecule has 0 radical (unpaired) electrons. The number of hydrogen-bond donors (Lipinski definition) is 2. The molecule has 1 aliphatic rings. The molecule has 0 aliphatic heterocycles. The van der Waals surface area contributed by atoms with E-state index < -0.39 is 22.0 Å².